The molecule has 0 saturated heterocycles. The molecule has 0 aliphatic carbocycles. The summed E-state index contributed by atoms with van der Waals surface area (Å²) >= 11 is 0. The summed E-state index contributed by atoms with van der Waals surface area (Å²) in [6.45, 7) is 7.51. The van der Waals surface area contributed by atoms with E-state index in [2.05, 4.69) is 10.6 Å². The molecule has 0 radical (unpaired) electrons. The van der Waals surface area contributed by atoms with Crippen molar-refractivity contribution in [3.63, 3.8) is 0 Å². The minimum atomic E-state index is -0.577. The Balaban J connectivity index is 1.88. The van der Waals surface area contributed by atoms with Crippen molar-refractivity contribution in [2.45, 2.75) is 46.1 Å². The Morgan fingerprint density at radius 3 is 1.97 bits per heavy atom. The van der Waals surface area contributed by atoms with Crippen molar-refractivity contribution >= 4 is 29.3 Å². The lowest BCUT2D eigenvalue weighted by atomic mass is 10.1. The number of nitrogens with one attached hydrogen (secondary N) is 2. The molecule has 0 aliphatic rings. The van der Waals surface area contributed by atoms with Crippen LogP contribution >= 0.6 is 0 Å². The predicted octanol–water partition coefficient (Wildman–Crippen LogP) is 4.78. The number of carbonyl (C=O) groups is 3. The molecule has 2 amide bonds. The Hall–Kier alpha value is -3.35. The van der Waals surface area contributed by atoms with Gasteiger partial charge < -0.3 is 14.8 Å². The van der Waals surface area contributed by atoms with E-state index in [9.17, 15) is 14.4 Å². The summed E-state index contributed by atoms with van der Waals surface area (Å²) in [5.41, 5.74) is 2.05. The third-order valence-corrected chi connectivity index (χ3v) is 3.93. The van der Waals surface area contributed by atoms with Gasteiger partial charge in [-0.25, -0.2) is 4.79 Å². The van der Waals surface area contributed by atoms with Gasteiger partial charge in [0.15, 0.2) is 0 Å². The quantitative estimate of drug-likeness (QED) is 0.638. The SMILES string of the molecule is CCOC(=O)CCc1ccc(C(=O)Nc2ccc(NC(=O)OC(C)(C)C)cc2)cc1. The fraction of sp³-hybridized carbons (Fsp3) is 0.348. The molecule has 2 aromatic rings. The van der Waals surface area contributed by atoms with E-state index < -0.39 is 11.7 Å². The molecular weight excluding hydrogens is 384 g/mol. The molecule has 0 bridgehead atoms. The molecule has 0 fully saturated rings. The van der Waals surface area contributed by atoms with Crippen LogP contribution in [0.1, 0.15) is 50.0 Å². The highest BCUT2D eigenvalue weighted by Crippen LogP contribution is 2.17. The van der Waals surface area contributed by atoms with Gasteiger partial charge in [-0.2, -0.15) is 0 Å². The summed E-state index contributed by atoms with van der Waals surface area (Å²) in [4.78, 5) is 35.6. The van der Waals surface area contributed by atoms with Crippen LogP contribution in [0, 0.1) is 0 Å². The minimum Gasteiger partial charge on any atom is -0.466 e. The maximum absolute atomic E-state index is 12.4. The predicted molar refractivity (Wildman–Crippen MR) is 116 cm³/mol. The Kier molecular flexibility index (Phi) is 7.98. The average molecular weight is 412 g/mol. The van der Waals surface area contributed by atoms with Crippen LogP contribution in [0.15, 0.2) is 48.5 Å². The standard InChI is InChI=1S/C23H28N2O5/c1-5-29-20(26)15-8-16-6-9-17(10-7-16)21(27)24-18-11-13-19(14-12-18)25-22(28)30-23(2,3)4/h6-7,9-14H,5,8,15H2,1-4H3,(H,24,27)(H,25,28). The first kappa shape index (κ1) is 22.9. The van der Waals surface area contributed by atoms with Gasteiger partial charge in [0.25, 0.3) is 5.91 Å². The summed E-state index contributed by atoms with van der Waals surface area (Å²) in [5.74, 6) is -0.483. The number of aryl methyl sites for hydroxylation is 1. The van der Waals surface area contributed by atoms with Crippen LogP contribution in [0.4, 0.5) is 16.2 Å². The molecule has 0 atom stereocenters. The molecule has 0 heterocycles. The van der Waals surface area contributed by atoms with Crippen molar-refractivity contribution in [3.8, 4) is 0 Å². The van der Waals surface area contributed by atoms with Crippen LogP contribution in [-0.4, -0.2) is 30.2 Å². The lowest BCUT2D eigenvalue weighted by Crippen LogP contribution is -2.27. The maximum Gasteiger partial charge on any atom is 0.412 e. The first-order valence-electron chi connectivity index (χ1n) is 9.82. The fourth-order valence-corrected chi connectivity index (χ4v) is 2.56. The smallest absolute Gasteiger partial charge is 0.412 e. The molecule has 7 nitrogen and oxygen atoms in total. The van der Waals surface area contributed by atoms with Crippen molar-refractivity contribution < 1.29 is 23.9 Å². The zero-order chi connectivity index (χ0) is 22.1. The number of hydrogen-bond acceptors (Lipinski definition) is 5. The Morgan fingerprint density at radius 2 is 1.43 bits per heavy atom. The molecule has 0 aromatic heterocycles. The summed E-state index contributed by atoms with van der Waals surface area (Å²) in [5, 5.41) is 5.44. The van der Waals surface area contributed by atoms with E-state index in [0.717, 1.165) is 5.56 Å². The van der Waals surface area contributed by atoms with Crippen LogP contribution in [0.3, 0.4) is 0 Å². The van der Waals surface area contributed by atoms with Crippen molar-refractivity contribution in [2.75, 3.05) is 17.2 Å². The molecule has 160 valence electrons. The van der Waals surface area contributed by atoms with Crippen molar-refractivity contribution in [2.24, 2.45) is 0 Å². The normalized spacial score (nSPS) is 10.8. The highest BCUT2D eigenvalue weighted by molar-refractivity contribution is 6.04. The van der Waals surface area contributed by atoms with Gasteiger partial charge in [-0.1, -0.05) is 12.1 Å². The number of esters is 1. The summed E-state index contributed by atoms with van der Waals surface area (Å²) in [6.07, 6.45) is 0.331. The van der Waals surface area contributed by atoms with Gasteiger partial charge in [0.05, 0.1) is 6.61 Å². The second kappa shape index (κ2) is 10.4. The van der Waals surface area contributed by atoms with Crippen LogP contribution in [0.25, 0.3) is 0 Å². The van der Waals surface area contributed by atoms with Gasteiger partial charge in [-0.15, -0.1) is 0 Å². The number of carbonyl (C=O) groups excluding carboxylic acids is 3. The number of ether oxygens (including phenoxy) is 2. The molecule has 30 heavy (non-hydrogen) atoms. The van der Waals surface area contributed by atoms with E-state index in [1.165, 1.54) is 0 Å². The fourth-order valence-electron chi connectivity index (χ4n) is 2.56. The third-order valence-electron chi connectivity index (χ3n) is 3.93. The van der Waals surface area contributed by atoms with Crippen LogP contribution in [0.5, 0.6) is 0 Å². The second-order valence-corrected chi connectivity index (χ2v) is 7.66. The topological polar surface area (TPSA) is 93.7 Å². The zero-order valence-corrected chi connectivity index (χ0v) is 17.8. The molecule has 0 unspecified atom stereocenters. The molecule has 2 aromatic carbocycles. The highest BCUT2D eigenvalue weighted by atomic mass is 16.6. The van der Waals surface area contributed by atoms with E-state index in [4.69, 9.17) is 9.47 Å². The van der Waals surface area contributed by atoms with E-state index in [-0.39, 0.29) is 11.9 Å². The average Bonchev–Trinajstić information content (AvgIpc) is 2.67. The minimum absolute atomic E-state index is 0.232. The van der Waals surface area contributed by atoms with E-state index in [1.54, 1.807) is 64.1 Å². The van der Waals surface area contributed by atoms with Crippen LogP contribution < -0.4 is 10.6 Å². The van der Waals surface area contributed by atoms with Gasteiger partial charge >= 0.3 is 12.1 Å². The zero-order valence-electron chi connectivity index (χ0n) is 17.8. The van der Waals surface area contributed by atoms with Gasteiger partial charge in [-0.3, -0.25) is 14.9 Å². The lowest BCUT2D eigenvalue weighted by Gasteiger charge is -2.19. The highest BCUT2D eigenvalue weighted by Gasteiger charge is 2.16. The van der Waals surface area contributed by atoms with Crippen LogP contribution in [0.2, 0.25) is 0 Å². The Labute approximate surface area is 176 Å². The molecule has 0 aliphatic heterocycles. The molecule has 0 saturated carbocycles. The summed E-state index contributed by atoms with van der Waals surface area (Å²) < 4.78 is 10.1. The van der Waals surface area contributed by atoms with Crippen molar-refractivity contribution in [1.82, 2.24) is 0 Å². The third kappa shape index (κ3) is 7.95. The van der Waals surface area contributed by atoms with Crippen molar-refractivity contribution in [3.05, 3.63) is 59.7 Å². The molecule has 2 rings (SSSR count). The number of benzene rings is 2. The summed E-state index contributed by atoms with van der Waals surface area (Å²) in [6, 6.07) is 13.8. The van der Waals surface area contributed by atoms with Gasteiger partial charge in [0.1, 0.15) is 5.60 Å². The first-order chi connectivity index (χ1) is 14.2. The Morgan fingerprint density at radius 1 is 0.867 bits per heavy atom. The molecule has 2 N–H and O–H groups in total. The molecule has 7 heteroatoms. The Bertz CT molecular complexity index is 868. The lowest BCUT2D eigenvalue weighted by molar-refractivity contribution is -0.143. The number of hydrogen-bond donors (Lipinski definition) is 2. The molecular formula is C23H28N2O5. The number of rotatable bonds is 7. The molecule has 0 spiro atoms. The van der Waals surface area contributed by atoms with Crippen LogP contribution in [-0.2, 0) is 20.7 Å². The van der Waals surface area contributed by atoms with Gasteiger partial charge in [-0.05, 0) is 76.1 Å². The van der Waals surface area contributed by atoms with Gasteiger partial charge in [0.2, 0.25) is 0 Å². The number of amides is 2. The van der Waals surface area contributed by atoms with E-state index in [1.807, 2.05) is 12.1 Å². The monoisotopic (exact) mass is 412 g/mol. The first-order valence-corrected chi connectivity index (χ1v) is 9.82. The van der Waals surface area contributed by atoms with Gasteiger partial charge in [0, 0.05) is 23.4 Å². The maximum atomic E-state index is 12.4. The van der Waals surface area contributed by atoms with E-state index >= 15 is 0 Å². The largest absolute Gasteiger partial charge is 0.466 e. The summed E-state index contributed by atoms with van der Waals surface area (Å²) in [7, 11) is 0. The van der Waals surface area contributed by atoms with E-state index in [0.29, 0.717) is 36.4 Å². The second-order valence-electron chi connectivity index (χ2n) is 7.66. The number of anilines is 2. The van der Waals surface area contributed by atoms with Crippen molar-refractivity contribution in [1.29, 1.82) is 0 Å².